The van der Waals surface area contributed by atoms with Gasteiger partial charge < -0.3 is 10.2 Å². The molecule has 0 spiro atoms. The lowest BCUT2D eigenvalue weighted by atomic mass is 10.1. The summed E-state index contributed by atoms with van der Waals surface area (Å²) in [4.78, 5) is 23.6. The molecule has 0 atom stereocenters. The maximum Gasteiger partial charge on any atom is 0.318 e. The zero-order valence-electron chi connectivity index (χ0n) is 17.3. The molecule has 5 nitrogen and oxygen atoms in total. The number of urea groups is 1. The minimum Gasteiger partial charge on any atom is -0.334 e. The lowest BCUT2D eigenvalue weighted by Crippen LogP contribution is -2.38. The Balaban J connectivity index is 1.58. The number of carbonyl (C=O) groups excluding carboxylic acids is 1. The van der Waals surface area contributed by atoms with Gasteiger partial charge in [-0.2, -0.15) is 0 Å². The smallest absolute Gasteiger partial charge is 0.318 e. The van der Waals surface area contributed by atoms with Crippen LogP contribution in [0.15, 0.2) is 79.1 Å². The van der Waals surface area contributed by atoms with Crippen molar-refractivity contribution in [2.75, 3.05) is 0 Å². The van der Waals surface area contributed by atoms with Crippen LogP contribution >= 0.6 is 11.6 Å². The Bertz CT molecular complexity index is 1180. The van der Waals surface area contributed by atoms with Crippen molar-refractivity contribution in [2.24, 2.45) is 0 Å². The van der Waals surface area contributed by atoms with Crippen molar-refractivity contribution >= 4 is 28.5 Å². The molecule has 156 valence electrons. The second-order valence-corrected chi connectivity index (χ2v) is 7.80. The highest BCUT2D eigenvalue weighted by Crippen LogP contribution is 2.24. The summed E-state index contributed by atoms with van der Waals surface area (Å²) < 4.78 is 0. The molecule has 0 saturated heterocycles. The predicted molar refractivity (Wildman–Crippen MR) is 124 cm³/mol. The number of pyridine rings is 2. The molecule has 2 aromatic carbocycles. The molecule has 6 heteroatoms. The zero-order valence-corrected chi connectivity index (χ0v) is 18.0. The van der Waals surface area contributed by atoms with Crippen molar-refractivity contribution in [3.8, 4) is 0 Å². The normalized spacial score (nSPS) is 10.8. The number of nitrogens with zero attached hydrogens (tertiary/aromatic N) is 3. The highest BCUT2D eigenvalue weighted by atomic mass is 35.5. The first-order valence-electron chi connectivity index (χ1n) is 10.1. The number of para-hydroxylation sites is 1. The van der Waals surface area contributed by atoms with Crippen LogP contribution in [0.2, 0.25) is 5.15 Å². The van der Waals surface area contributed by atoms with E-state index < -0.39 is 0 Å². The first-order chi connectivity index (χ1) is 15.1. The van der Waals surface area contributed by atoms with Crippen molar-refractivity contribution in [3.63, 3.8) is 0 Å². The summed E-state index contributed by atoms with van der Waals surface area (Å²) in [6.45, 7) is 3.21. The van der Waals surface area contributed by atoms with Crippen LogP contribution in [-0.2, 0) is 19.6 Å². The van der Waals surface area contributed by atoms with Crippen LogP contribution in [-0.4, -0.2) is 20.9 Å². The number of aromatic nitrogens is 2. The van der Waals surface area contributed by atoms with Crippen LogP contribution in [0.5, 0.6) is 0 Å². The number of hydrogen-bond donors (Lipinski definition) is 1. The van der Waals surface area contributed by atoms with Crippen molar-refractivity contribution in [2.45, 2.75) is 26.6 Å². The van der Waals surface area contributed by atoms with Gasteiger partial charge >= 0.3 is 6.03 Å². The fourth-order valence-corrected chi connectivity index (χ4v) is 3.68. The number of nitrogens with one attached hydrogen (secondary N) is 1. The van der Waals surface area contributed by atoms with Crippen LogP contribution in [0.1, 0.15) is 22.3 Å². The molecule has 2 amide bonds. The molecule has 4 aromatic rings. The van der Waals surface area contributed by atoms with Gasteiger partial charge in [0, 0.05) is 36.4 Å². The van der Waals surface area contributed by atoms with Gasteiger partial charge in [-0.25, -0.2) is 9.78 Å². The van der Waals surface area contributed by atoms with Crippen molar-refractivity contribution in [1.29, 1.82) is 0 Å². The zero-order chi connectivity index (χ0) is 21.6. The third-order valence-corrected chi connectivity index (χ3v) is 5.43. The fraction of sp³-hybridized carbons (Fsp3) is 0.160. The quantitative estimate of drug-likeness (QED) is 0.411. The Hall–Kier alpha value is -3.44. The number of fused-ring (bicyclic) bond motifs is 1. The number of benzene rings is 2. The second-order valence-electron chi connectivity index (χ2n) is 7.45. The highest BCUT2D eigenvalue weighted by molar-refractivity contribution is 6.30. The summed E-state index contributed by atoms with van der Waals surface area (Å²) in [6.07, 6.45) is 3.48. The Kier molecular flexibility index (Phi) is 6.43. The van der Waals surface area contributed by atoms with E-state index in [2.05, 4.69) is 15.3 Å². The number of aryl methyl sites for hydroxylation is 1. The van der Waals surface area contributed by atoms with E-state index >= 15 is 0 Å². The number of amides is 2. The molecule has 1 N–H and O–H groups in total. The molecular formula is C25H23ClN4O. The molecule has 0 fully saturated rings. The molecule has 4 rings (SSSR count). The fourth-order valence-electron chi connectivity index (χ4n) is 3.48. The van der Waals surface area contributed by atoms with Gasteiger partial charge in [-0.3, -0.25) is 4.98 Å². The molecule has 0 aliphatic heterocycles. The van der Waals surface area contributed by atoms with Crippen LogP contribution in [0, 0.1) is 6.92 Å². The van der Waals surface area contributed by atoms with Crippen LogP contribution < -0.4 is 5.32 Å². The standard InChI is InChI=1S/C25H23ClN4O/c1-18-7-5-11-21-13-22(24(26)29-23(18)21)17-30(16-20-10-6-12-27-14-20)25(31)28-15-19-8-3-2-4-9-19/h2-14H,15-17H2,1H3,(H,28,31). The molecule has 0 unspecified atom stereocenters. The summed E-state index contributed by atoms with van der Waals surface area (Å²) >= 11 is 6.52. The van der Waals surface area contributed by atoms with E-state index in [9.17, 15) is 4.79 Å². The number of carbonyl (C=O) groups is 1. The van der Waals surface area contributed by atoms with Gasteiger partial charge in [-0.1, -0.05) is 66.2 Å². The van der Waals surface area contributed by atoms with Crippen LogP contribution in [0.25, 0.3) is 10.9 Å². The Morgan fingerprint density at radius 3 is 2.58 bits per heavy atom. The molecule has 0 aliphatic rings. The van der Waals surface area contributed by atoms with E-state index in [1.807, 2.05) is 73.7 Å². The third kappa shape index (κ3) is 5.19. The summed E-state index contributed by atoms with van der Waals surface area (Å²) in [5.41, 5.74) is 4.73. The molecule has 31 heavy (non-hydrogen) atoms. The maximum atomic E-state index is 13.1. The van der Waals surface area contributed by atoms with Gasteiger partial charge in [-0.05, 0) is 35.7 Å². The molecule has 2 aromatic heterocycles. The van der Waals surface area contributed by atoms with Crippen LogP contribution in [0.4, 0.5) is 4.79 Å². The first kappa shape index (κ1) is 20.8. The topological polar surface area (TPSA) is 58.1 Å². The Morgan fingerprint density at radius 2 is 1.81 bits per heavy atom. The summed E-state index contributed by atoms with van der Waals surface area (Å²) in [5.74, 6) is 0. The number of halogens is 1. The van der Waals surface area contributed by atoms with E-state index in [1.165, 1.54) is 0 Å². The molecule has 0 aliphatic carbocycles. The van der Waals surface area contributed by atoms with Gasteiger partial charge in [0.15, 0.2) is 0 Å². The average Bonchev–Trinajstić information content (AvgIpc) is 2.79. The van der Waals surface area contributed by atoms with Crippen molar-refractivity contribution in [3.05, 3.63) is 107 Å². The summed E-state index contributed by atoms with van der Waals surface area (Å²) in [7, 11) is 0. The second kappa shape index (κ2) is 9.58. The van der Waals surface area contributed by atoms with E-state index in [0.717, 1.165) is 33.2 Å². The molecular weight excluding hydrogens is 408 g/mol. The summed E-state index contributed by atoms with van der Waals surface area (Å²) in [5, 5.41) is 4.42. The monoisotopic (exact) mass is 430 g/mol. The largest absolute Gasteiger partial charge is 0.334 e. The van der Waals surface area contributed by atoms with E-state index in [1.54, 1.807) is 17.3 Å². The van der Waals surface area contributed by atoms with E-state index in [0.29, 0.717) is 24.8 Å². The van der Waals surface area contributed by atoms with Gasteiger partial charge in [0.05, 0.1) is 12.1 Å². The van der Waals surface area contributed by atoms with Gasteiger partial charge in [0.25, 0.3) is 0 Å². The maximum absolute atomic E-state index is 13.1. The minimum atomic E-state index is -0.173. The van der Waals surface area contributed by atoms with Crippen molar-refractivity contribution < 1.29 is 4.79 Å². The van der Waals surface area contributed by atoms with Crippen LogP contribution in [0.3, 0.4) is 0 Å². The van der Waals surface area contributed by atoms with E-state index in [4.69, 9.17) is 11.6 Å². The molecule has 0 saturated carbocycles. The lowest BCUT2D eigenvalue weighted by molar-refractivity contribution is 0.191. The minimum absolute atomic E-state index is 0.173. The molecule has 0 bridgehead atoms. The predicted octanol–water partition coefficient (Wildman–Crippen LogP) is 5.50. The average molecular weight is 431 g/mol. The van der Waals surface area contributed by atoms with Gasteiger partial charge in [-0.15, -0.1) is 0 Å². The number of rotatable bonds is 6. The number of hydrogen-bond acceptors (Lipinski definition) is 3. The van der Waals surface area contributed by atoms with E-state index in [-0.39, 0.29) is 6.03 Å². The highest BCUT2D eigenvalue weighted by Gasteiger charge is 2.17. The third-order valence-electron chi connectivity index (χ3n) is 5.10. The molecule has 2 heterocycles. The first-order valence-corrected chi connectivity index (χ1v) is 10.5. The Morgan fingerprint density at radius 1 is 1.00 bits per heavy atom. The van der Waals surface area contributed by atoms with Gasteiger partial charge in [0.2, 0.25) is 0 Å². The van der Waals surface area contributed by atoms with Gasteiger partial charge in [0.1, 0.15) is 5.15 Å². The summed E-state index contributed by atoms with van der Waals surface area (Å²) in [6, 6.07) is 21.5. The Labute approximate surface area is 186 Å². The lowest BCUT2D eigenvalue weighted by Gasteiger charge is -2.24. The SMILES string of the molecule is Cc1cccc2cc(CN(Cc3cccnc3)C(=O)NCc3ccccc3)c(Cl)nc12. The molecule has 0 radical (unpaired) electrons. The van der Waals surface area contributed by atoms with Crippen molar-refractivity contribution in [1.82, 2.24) is 20.2 Å².